The summed E-state index contributed by atoms with van der Waals surface area (Å²) in [5.41, 5.74) is 1.70. The van der Waals surface area contributed by atoms with E-state index >= 15 is 0 Å². The highest BCUT2D eigenvalue weighted by atomic mass is 15.1. The zero-order chi connectivity index (χ0) is 12.5. The highest BCUT2D eigenvalue weighted by molar-refractivity contribution is 5.57. The summed E-state index contributed by atoms with van der Waals surface area (Å²) in [6.45, 7) is 0. The van der Waals surface area contributed by atoms with Gasteiger partial charge in [-0.3, -0.25) is 0 Å². The summed E-state index contributed by atoms with van der Waals surface area (Å²) >= 11 is 0. The quantitative estimate of drug-likeness (QED) is 0.686. The summed E-state index contributed by atoms with van der Waals surface area (Å²) in [7, 11) is 3.91. The highest BCUT2D eigenvalue weighted by Crippen LogP contribution is 2.19. The second-order valence-electron chi connectivity index (χ2n) is 4.13. The molecule has 3 heterocycles. The lowest BCUT2D eigenvalue weighted by Crippen LogP contribution is -1.98. The molecule has 3 aromatic heterocycles. The van der Waals surface area contributed by atoms with E-state index < -0.39 is 0 Å². The standard InChI is InChI=1S/C13H13N5/c1-17-8-6-14-12(17)10-4-3-5-11(16-10)13-15-7-9-18(13)2/h3-9H,1-2H3. The number of aryl methyl sites for hydroxylation is 2. The molecule has 18 heavy (non-hydrogen) atoms. The number of nitrogens with zero attached hydrogens (tertiary/aromatic N) is 5. The van der Waals surface area contributed by atoms with Crippen molar-refractivity contribution in [1.29, 1.82) is 0 Å². The minimum absolute atomic E-state index is 0.850. The summed E-state index contributed by atoms with van der Waals surface area (Å²) in [6.07, 6.45) is 7.35. The summed E-state index contributed by atoms with van der Waals surface area (Å²) in [5, 5.41) is 0. The van der Waals surface area contributed by atoms with Crippen molar-refractivity contribution < 1.29 is 0 Å². The van der Waals surface area contributed by atoms with E-state index in [2.05, 4.69) is 15.0 Å². The van der Waals surface area contributed by atoms with E-state index in [4.69, 9.17) is 0 Å². The van der Waals surface area contributed by atoms with Crippen LogP contribution in [0.5, 0.6) is 0 Å². The monoisotopic (exact) mass is 239 g/mol. The van der Waals surface area contributed by atoms with Crippen LogP contribution in [0.1, 0.15) is 0 Å². The van der Waals surface area contributed by atoms with E-state index in [9.17, 15) is 0 Å². The molecule has 0 spiro atoms. The minimum Gasteiger partial charge on any atom is -0.333 e. The number of rotatable bonds is 2. The maximum atomic E-state index is 4.61. The highest BCUT2D eigenvalue weighted by Gasteiger charge is 2.09. The molecule has 3 rings (SSSR count). The van der Waals surface area contributed by atoms with Crippen molar-refractivity contribution in [3.8, 4) is 23.0 Å². The minimum atomic E-state index is 0.850. The first-order valence-electron chi connectivity index (χ1n) is 5.68. The van der Waals surface area contributed by atoms with Gasteiger partial charge in [-0.1, -0.05) is 6.07 Å². The largest absolute Gasteiger partial charge is 0.333 e. The first-order chi connectivity index (χ1) is 8.75. The summed E-state index contributed by atoms with van der Waals surface area (Å²) in [4.78, 5) is 13.2. The van der Waals surface area contributed by atoms with E-state index in [1.807, 2.05) is 53.8 Å². The summed E-state index contributed by atoms with van der Waals surface area (Å²) in [5.74, 6) is 1.71. The number of hydrogen-bond donors (Lipinski definition) is 0. The number of pyridine rings is 1. The lowest BCUT2D eigenvalue weighted by molar-refractivity contribution is 0.907. The second-order valence-corrected chi connectivity index (χ2v) is 4.13. The van der Waals surface area contributed by atoms with Crippen LogP contribution in [0.25, 0.3) is 23.0 Å². The van der Waals surface area contributed by atoms with Crippen molar-refractivity contribution in [3.05, 3.63) is 43.0 Å². The second kappa shape index (κ2) is 4.10. The molecule has 5 heteroatoms. The third kappa shape index (κ3) is 1.69. The van der Waals surface area contributed by atoms with Gasteiger partial charge in [0.1, 0.15) is 11.4 Å². The molecule has 90 valence electrons. The molecule has 0 saturated carbocycles. The van der Waals surface area contributed by atoms with Gasteiger partial charge in [-0.25, -0.2) is 15.0 Å². The molecule has 0 radical (unpaired) electrons. The van der Waals surface area contributed by atoms with E-state index in [-0.39, 0.29) is 0 Å². The van der Waals surface area contributed by atoms with Crippen LogP contribution in [0.4, 0.5) is 0 Å². The van der Waals surface area contributed by atoms with Crippen LogP contribution in [0.2, 0.25) is 0 Å². The molecule has 0 saturated heterocycles. The van der Waals surface area contributed by atoms with Crippen molar-refractivity contribution >= 4 is 0 Å². The zero-order valence-electron chi connectivity index (χ0n) is 10.3. The molecule has 0 aliphatic rings. The first kappa shape index (κ1) is 10.7. The Kier molecular flexibility index (Phi) is 2.44. The van der Waals surface area contributed by atoms with E-state index in [1.165, 1.54) is 0 Å². The predicted octanol–water partition coefficient (Wildman–Crippen LogP) is 1.88. The fourth-order valence-electron chi connectivity index (χ4n) is 1.91. The Labute approximate surface area is 105 Å². The van der Waals surface area contributed by atoms with Gasteiger partial charge in [0.25, 0.3) is 0 Å². The molecule has 0 N–H and O–H groups in total. The van der Waals surface area contributed by atoms with Gasteiger partial charge in [-0.05, 0) is 12.1 Å². The molecule has 0 fully saturated rings. The molecule has 0 aliphatic carbocycles. The topological polar surface area (TPSA) is 48.5 Å². The van der Waals surface area contributed by atoms with Crippen molar-refractivity contribution in [2.75, 3.05) is 0 Å². The lowest BCUT2D eigenvalue weighted by Gasteiger charge is -2.04. The third-order valence-electron chi connectivity index (χ3n) is 2.85. The Morgan fingerprint density at radius 1 is 0.833 bits per heavy atom. The molecule has 0 aromatic carbocycles. The Morgan fingerprint density at radius 3 is 1.72 bits per heavy atom. The summed E-state index contributed by atoms with van der Waals surface area (Å²) < 4.78 is 3.90. The Morgan fingerprint density at radius 2 is 1.33 bits per heavy atom. The van der Waals surface area contributed by atoms with Gasteiger partial charge < -0.3 is 9.13 Å². The fraction of sp³-hybridized carbons (Fsp3) is 0.154. The van der Waals surface area contributed by atoms with Crippen molar-refractivity contribution in [2.24, 2.45) is 14.1 Å². The molecule has 0 amide bonds. The lowest BCUT2D eigenvalue weighted by atomic mass is 10.3. The molecule has 3 aromatic rings. The molecule has 0 unspecified atom stereocenters. The predicted molar refractivity (Wildman–Crippen MR) is 68.6 cm³/mol. The Bertz CT molecular complexity index is 625. The molecular formula is C13H13N5. The van der Waals surface area contributed by atoms with Gasteiger partial charge >= 0.3 is 0 Å². The number of aromatic nitrogens is 5. The molecular weight excluding hydrogens is 226 g/mol. The average molecular weight is 239 g/mol. The van der Waals surface area contributed by atoms with Gasteiger partial charge in [-0.2, -0.15) is 0 Å². The van der Waals surface area contributed by atoms with Gasteiger partial charge in [-0.15, -0.1) is 0 Å². The van der Waals surface area contributed by atoms with Crippen LogP contribution < -0.4 is 0 Å². The van der Waals surface area contributed by atoms with Crippen LogP contribution in [0, 0.1) is 0 Å². The number of imidazole rings is 2. The number of hydrogen-bond acceptors (Lipinski definition) is 3. The molecule has 0 aliphatic heterocycles. The Balaban J connectivity index is 2.11. The van der Waals surface area contributed by atoms with E-state index in [0.717, 1.165) is 23.0 Å². The van der Waals surface area contributed by atoms with E-state index in [1.54, 1.807) is 12.4 Å². The normalized spacial score (nSPS) is 10.8. The van der Waals surface area contributed by atoms with Crippen molar-refractivity contribution in [3.63, 3.8) is 0 Å². The van der Waals surface area contributed by atoms with Gasteiger partial charge in [0, 0.05) is 38.9 Å². The summed E-state index contributed by atoms with van der Waals surface area (Å²) in [6, 6.07) is 5.88. The van der Waals surface area contributed by atoms with E-state index in [0.29, 0.717) is 0 Å². The Hall–Kier alpha value is -2.43. The SMILES string of the molecule is Cn1ccnc1-c1cccc(-c2nccn2C)n1. The van der Waals surface area contributed by atoms with Gasteiger partial charge in [0.2, 0.25) is 0 Å². The zero-order valence-corrected chi connectivity index (χ0v) is 10.3. The fourth-order valence-corrected chi connectivity index (χ4v) is 1.91. The van der Waals surface area contributed by atoms with Crippen LogP contribution in [-0.2, 0) is 14.1 Å². The van der Waals surface area contributed by atoms with Gasteiger partial charge in [0.05, 0.1) is 0 Å². The van der Waals surface area contributed by atoms with Crippen molar-refractivity contribution in [2.45, 2.75) is 0 Å². The first-order valence-corrected chi connectivity index (χ1v) is 5.68. The van der Waals surface area contributed by atoms with Crippen LogP contribution in [-0.4, -0.2) is 24.1 Å². The average Bonchev–Trinajstić information content (AvgIpc) is 2.98. The van der Waals surface area contributed by atoms with Crippen molar-refractivity contribution in [1.82, 2.24) is 24.1 Å². The maximum Gasteiger partial charge on any atom is 0.158 e. The van der Waals surface area contributed by atoms with Crippen LogP contribution in [0.3, 0.4) is 0 Å². The smallest absolute Gasteiger partial charge is 0.158 e. The maximum absolute atomic E-state index is 4.61. The van der Waals surface area contributed by atoms with Gasteiger partial charge in [0.15, 0.2) is 11.6 Å². The van der Waals surface area contributed by atoms with Crippen LogP contribution >= 0.6 is 0 Å². The molecule has 5 nitrogen and oxygen atoms in total. The van der Waals surface area contributed by atoms with Crippen LogP contribution in [0.15, 0.2) is 43.0 Å². The molecule has 0 atom stereocenters. The third-order valence-corrected chi connectivity index (χ3v) is 2.85. The molecule has 0 bridgehead atoms.